The summed E-state index contributed by atoms with van der Waals surface area (Å²) in [6.07, 6.45) is 0. The van der Waals surface area contributed by atoms with Gasteiger partial charge in [-0.3, -0.25) is 0 Å². The summed E-state index contributed by atoms with van der Waals surface area (Å²) in [6, 6.07) is 49.1. The second-order valence-electron chi connectivity index (χ2n) is 13.8. The van der Waals surface area contributed by atoms with Crippen molar-refractivity contribution in [3.63, 3.8) is 0 Å². The zero-order chi connectivity index (χ0) is 46.4. The van der Waals surface area contributed by atoms with Crippen LogP contribution in [0.1, 0.15) is 13.7 Å². The van der Waals surface area contributed by atoms with Crippen LogP contribution in [0.2, 0.25) is 0 Å². The molecule has 0 atom stereocenters. The number of para-hydroxylation sites is 5. The predicted octanol–water partition coefficient (Wildman–Crippen LogP) is 15.0. The molecule has 0 N–H and O–H groups in total. The molecule has 9 aromatic carbocycles. The van der Waals surface area contributed by atoms with E-state index in [-0.39, 0.29) is 22.3 Å². The van der Waals surface area contributed by atoms with Crippen molar-refractivity contribution in [1.82, 2.24) is 4.57 Å². The summed E-state index contributed by atoms with van der Waals surface area (Å²) >= 11 is 0. The van der Waals surface area contributed by atoms with Crippen molar-refractivity contribution in [3.8, 4) is 39.1 Å². The van der Waals surface area contributed by atoms with Crippen LogP contribution < -0.4 is 9.80 Å². The average Bonchev–Trinajstić information content (AvgIpc) is 3.71. The topological polar surface area (TPSA) is 11.4 Å². The molecule has 0 bridgehead atoms. The summed E-state index contributed by atoms with van der Waals surface area (Å²) < 4.78 is 90.1. The van der Waals surface area contributed by atoms with E-state index in [9.17, 15) is 0 Å². The molecule has 3 nitrogen and oxygen atoms in total. The van der Waals surface area contributed by atoms with Crippen LogP contribution in [0.5, 0.6) is 0 Å². The molecule has 1 aromatic heterocycles. The Hall–Kier alpha value is -7.62. The van der Waals surface area contributed by atoms with Gasteiger partial charge in [0.1, 0.15) is 0 Å². The molecule has 11 rings (SSSR count). The summed E-state index contributed by atoms with van der Waals surface area (Å²) in [7, 11) is 0. The number of hydrogen-bond acceptors (Lipinski definition) is 2. The van der Waals surface area contributed by atoms with E-state index < -0.39 is 60.4 Å². The second-order valence-corrected chi connectivity index (χ2v) is 13.8. The first kappa shape index (κ1) is 24.0. The van der Waals surface area contributed by atoms with Crippen molar-refractivity contribution in [3.05, 3.63) is 224 Å². The Kier molecular flexibility index (Phi) is 5.73. The third kappa shape index (κ3) is 5.36. The van der Waals surface area contributed by atoms with Gasteiger partial charge in [0.05, 0.1) is 47.5 Å². The summed E-state index contributed by atoms with van der Waals surface area (Å²) in [6.45, 7) is 0. The smallest absolute Gasteiger partial charge is 0.0724 e. The van der Waals surface area contributed by atoms with Gasteiger partial charge in [-0.15, -0.1) is 0 Å². The van der Waals surface area contributed by atoms with Gasteiger partial charge < -0.3 is 14.4 Å². The summed E-state index contributed by atoms with van der Waals surface area (Å²) in [5, 5.41) is 1.59. The molecule has 0 unspecified atom stereocenters. The largest absolute Gasteiger partial charge is 0.309 e. The van der Waals surface area contributed by atoms with Crippen LogP contribution in [0.4, 0.5) is 34.1 Å². The summed E-state index contributed by atoms with van der Waals surface area (Å²) in [5.41, 5.74) is 9.66. The van der Waals surface area contributed by atoms with E-state index in [1.807, 2.05) is 91.0 Å². The van der Waals surface area contributed by atoms with Crippen molar-refractivity contribution >= 4 is 55.9 Å². The lowest BCUT2D eigenvalue weighted by atomic mass is 9.86. The van der Waals surface area contributed by atoms with Crippen molar-refractivity contribution in [2.45, 2.75) is 0 Å². The summed E-state index contributed by atoms with van der Waals surface area (Å²) in [4.78, 5) is 4.55. The van der Waals surface area contributed by atoms with Crippen molar-refractivity contribution in [1.29, 1.82) is 0 Å². The minimum Gasteiger partial charge on any atom is -0.309 e. The number of benzene rings is 9. The fourth-order valence-electron chi connectivity index (χ4n) is 8.37. The van der Waals surface area contributed by atoms with Crippen LogP contribution >= 0.6 is 0 Å². The summed E-state index contributed by atoms with van der Waals surface area (Å²) in [5.74, 6) is 0. The van der Waals surface area contributed by atoms with Gasteiger partial charge in [-0.2, -0.15) is 0 Å². The van der Waals surface area contributed by atoms with Gasteiger partial charge in [0.15, 0.2) is 0 Å². The van der Waals surface area contributed by atoms with E-state index in [1.165, 1.54) is 0 Å². The Morgan fingerprint density at radius 1 is 0.351 bits per heavy atom. The molecule has 0 spiro atoms. The Morgan fingerprint density at radius 3 is 1.47 bits per heavy atom. The molecule has 2 heterocycles. The van der Waals surface area contributed by atoms with Gasteiger partial charge in [-0.05, 0) is 100 Å². The van der Waals surface area contributed by atoms with Crippen molar-refractivity contribution < 1.29 is 13.7 Å². The quantitative estimate of drug-likeness (QED) is 0.168. The highest BCUT2D eigenvalue weighted by Gasteiger charge is 2.31. The first-order valence-corrected chi connectivity index (χ1v) is 18.7. The number of aromatic nitrogens is 1. The Morgan fingerprint density at radius 2 is 0.842 bits per heavy atom. The van der Waals surface area contributed by atoms with Crippen LogP contribution in [0.25, 0.3) is 60.9 Å². The fourth-order valence-corrected chi connectivity index (χ4v) is 8.37. The van der Waals surface area contributed by atoms with Crippen LogP contribution in [-0.2, 0) is 0 Å². The van der Waals surface area contributed by atoms with Gasteiger partial charge in [0, 0.05) is 27.8 Å². The maximum atomic E-state index is 9.13. The third-order valence-electron chi connectivity index (χ3n) is 10.7. The van der Waals surface area contributed by atoms with E-state index in [2.05, 4.69) is 69.0 Å². The lowest BCUT2D eigenvalue weighted by Gasteiger charge is -2.40. The van der Waals surface area contributed by atoms with Crippen LogP contribution in [0.3, 0.4) is 0 Å². The van der Waals surface area contributed by atoms with Crippen LogP contribution in [-0.4, -0.2) is 4.57 Å². The molecule has 10 aromatic rings. The van der Waals surface area contributed by atoms with Gasteiger partial charge in [-0.1, -0.05) is 157 Å². The highest BCUT2D eigenvalue weighted by atomic mass is 15.3. The molecule has 268 valence electrons. The Labute approximate surface area is 346 Å². The van der Waals surface area contributed by atoms with Gasteiger partial charge in [-0.25, -0.2) is 0 Å². The number of nitrogens with zero attached hydrogens (tertiary/aromatic N) is 3. The number of fused-ring (bicyclic) bond motifs is 5. The van der Waals surface area contributed by atoms with Gasteiger partial charge in [0.2, 0.25) is 0 Å². The molecule has 57 heavy (non-hydrogen) atoms. The Balaban J connectivity index is 1.23. The van der Waals surface area contributed by atoms with Crippen molar-refractivity contribution in [2.75, 3.05) is 9.80 Å². The van der Waals surface area contributed by atoms with Crippen LogP contribution in [0.15, 0.2) is 224 Å². The third-order valence-corrected chi connectivity index (χ3v) is 10.7. The average molecular weight is 738 g/mol. The zero-order valence-electron chi connectivity index (χ0n) is 40.4. The van der Waals surface area contributed by atoms with E-state index in [0.717, 1.165) is 61.6 Å². The Bertz CT molecular complexity index is 3520. The molecule has 1 aliphatic heterocycles. The number of rotatable bonds is 6. The van der Waals surface area contributed by atoms with Gasteiger partial charge >= 0.3 is 0 Å². The molecular weight excluding hydrogens is 691 g/mol. The highest BCUT2D eigenvalue weighted by molar-refractivity contribution is 6.18. The van der Waals surface area contributed by atoms with E-state index in [0.29, 0.717) is 11.1 Å². The minimum atomic E-state index is -0.543. The SMILES string of the molecule is [2H]c1c([2H])c([2H])c(-c2cccc(-c3c([2H])c([2H])c([2H])c([2H])c3[2H])c2-c2cccc3c2c2ccccc2n3-c2ccc3c(c2)N(c2ccccc2)c2ccccc2N3c2ccccc2)c([2H])c1[2H]. The van der Waals surface area contributed by atoms with E-state index >= 15 is 0 Å². The minimum absolute atomic E-state index is 0.0742. The molecular formula is C54H37N3. The lowest BCUT2D eigenvalue weighted by Crippen LogP contribution is -2.24. The molecule has 0 amide bonds. The van der Waals surface area contributed by atoms with Crippen molar-refractivity contribution in [2.24, 2.45) is 0 Å². The fraction of sp³-hybridized carbons (Fsp3) is 0. The molecule has 1 aliphatic rings. The monoisotopic (exact) mass is 737 g/mol. The highest BCUT2D eigenvalue weighted by Crippen LogP contribution is 2.55. The predicted molar refractivity (Wildman–Crippen MR) is 240 cm³/mol. The van der Waals surface area contributed by atoms with Crippen LogP contribution in [0, 0.1) is 0 Å². The molecule has 0 saturated carbocycles. The normalized spacial score (nSPS) is 14.6. The first-order chi connectivity index (χ1) is 32.5. The zero-order valence-corrected chi connectivity index (χ0v) is 30.4. The first-order valence-electron chi connectivity index (χ1n) is 23.7. The van der Waals surface area contributed by atoms with E-state index in [1.54, 1.807) is 18.2 Å². The lowest BCUT2D eigenvalue weighted by molar-refractivity contribution is 1.14. The number of hydrogen-bond donors (Lipinski definition) is 0. The maximum absolute atomic E-state index is 9.13. The standard InChI is InChI=1S/C54H37N3/c1-5-19-38(20-6-1)43-28-17-29-44(39-21-7-2-8-22-39)53(43)46-30-18-34-51-54(46)45-27-13-14-31-47(45)57(51)42-35-36-50-52(37-42)56(41-25-11-4-12-26-41)49-33-16-15-32-48(49)55(50)40-23-9-3-10-24-40/h1-37H/i1D,2D,5D,6D,7D,8D,19D,20D,21D,22D. The molecule has 0 saturated heterocycles. The molecule has 0 radical (unpaired) electrons. The van der Waals surface area contributed by atoms with E-state index in [4.69, 9.17) is 13.7 Å². The molecule has 0 fully saturated rings. The second kappa shape index (κ2) is 13.6. The van der Waals surface area contributed by atoms with Gasteiger partial charge in [0.25, 0.3) is 0 Å². The molecule has 0 aliphatic carbocycles. The number of anilines is 6. The maximum Gasteiger partial charge on any atom is 0.0724 e. The molecule has 3 heteroatoms.